The van der Waals surface area contributed by atoms with Crippen LogP contribution in [0.5, 0.6) is 0 Å². The molecule has 7 heteroatoms. The molecule has 26 heavy (non-hydrogen) atoms. The van der Waals surface area contributed by atoms with Gasteiger partial charge in [0, 0.05) is 26.1 Å². The molecule has 138 valence electrons. The Hall–Kier alpha value is -2.38. The minimum atomic E-state index is -1.05. The third-order valence-corrected chi connectivity index (χ3v) is 5.16. The largest absolute Gasteiger partial charge is 0.445 e. The number of aromatic nitrogens is 2. The van der Waals surface area contributed by atoms with Crippen LogP contribution in [0.15, 0.2) is 42.6 Å². The number of benzene rings is 1. The maximum atomic E-state index is 12.7. The second-order valence-electron chi connectivity index (χ2n) is 7.11. The Kier molecular flexibility index (Phi) is 4.42. The lowest BCUT2D eigenvalue weighted by molar-refractivity contribution is -0.138. The molecule has 2 unspecified atom stereocenters. The van der Waals surface area contributed by atoms with Gasteiger partial charge in [-0.05, 0) is 11.6 Å². The third kappa shape index (κ3) is 3.20. The Morgan fingerprint density at radius 1 is 1.27 bits per heavy atom. The van der Waals surface area contributed by atoms with Crippen LogP contribution in [0, 0.1) is 0 Å². The molecule has 2 saturated heterocycles. The van der Waals surface area contributed by atoms with Crippen LogP contribution in [0.2, 0.25) is 0 Å². The van der Waals surface area contributed by atoms with Crippen LogP contribution in [0.3, 0.4) is 0 Å². The highest BCUT2D eigenvalue weighted by Crippen LogP contribution is 2.40. The summed E-state index contributed by atoms with van der Waals surface area (Å²) >= 11 is 0. The van der Waals surface area contributed by atoms with Crippen molar-refractivity contribution in [3.63, 3.8) is 0 Å². The number of rotatable bonds is 3. The standard InChI is InChI=1S/C19H23N3O4/c1-21-8-7-17(20-21)19(24)9-15-12-25-13-16(10-19)22(15)18(23)26-11-14-5-3-2-4-6-14/h2-8,15-16,24H,9-13H2,1H3. The number of aryl methyl sites for hydroxylation is 1. The van der Waals surface area contributed by atoms with Gasteiger partial charge >= 0.3 is 6.09 Å². The topological polar surface area (TPSA) is 76.8 Å². The Labute approximate surface area is 152 Å². The van der Waals surface area contributed by atoms with E-state index in [9.17, 15) is 9.90 Å². The van der Waals surface area contributed by atoms with Gasteiger partial charge in [-0.25, -0.2) is 4.79 Å². The maximum Gasteiger partial charge on any atom is 0.410 e. The second kappa shape index (κ2) is 6.74. The molecule has 7 nitrogen and oxygen atoms in total. The molecule has 2 aliphatic heterocycles. The van der Waals surface area contributed by atoms with Crippen molar-refractivity contribution in [3.8, 4) is 0 Å². The molecule has 1 aromatic carbocycles. The number of fused-ring (bicyclic) bond motifs is 2. The number of aliphatic hydroxyl groups is 1. The molecule has 4 rings (SSSR count). The van der Waals surface area contributed by atoms with E-state index in [-0.39, 0.29) is 24.8 Å². The number of nitrogens with zero attached hydrogens (tertiary/aromatic N) is 3. The number of carbonyl (C=O) groups excluding carboxylic acids is 1. The number of hydrogen-bond acceptors (Lipinski definition) is 5. The normalized spacial score (nSPS) is 28.0. The van der Waals surface area contributed by atoms with Crippen LogP contribution in [0.4, 0.5) is 4.79 Å². The van der Waals surface area contributed by atoms with Gasteiger partial charge in [-0.1, -0.05) is 30.3 Å². The average Bonchev–Trinajstić information content (AvgIpc) is 3.07. The van der Waals surface area contributed by atoms with Crippen LogP contribution >= 0.6 is 0 Å². The molecule has 1 N–H and O–H groups in total. The fourth-order valence-electron chi connectivity index (χ4n) is 3.94. The van der Waals surface area contributed by atoms with Gasteiger partial charge < -0.3 is 14.6 Å². The fraction of sp³-hybridized carbons (Fsp3) is 0.474. The van der Waals surface area contributed by atoms with Crippen molar-refractivity contribution in [2.75, 3.05) is 13.2 Å². The van der Waals surface area contributed by atoms with Gasteiger partial charge in [-0.2, -0.15) is 5.10 Å². The number of carbonyl (C=O) groups is 1. The lowest BCUT2D eigenvalue weighted by Gasteiger charge is -2.50. The summed E-state index contributed by atoms with van der Waals surface area (Å²) in [6.07, 6.45) is 2.25. The van der Waals surface area contributed by atoms with Crippen molar-refractivity contribution in [1.82, 2.24) is 14.7 Å². The predicted octanol–water partition coefficient (Wildman–Crippen LogP) is 1.81. The van der Waals surface area contributed by atoms with E-state index >= 15 is 0 Å². The summed E-state index contributed by atoms with van der Waals surface area (Å²) in [7, 11) is 1.83. The SMILES string of the molecule is Cn1ccc(C2(O)CC3COCC(C2)N3C(=O)OCc2ccccc2)n1. The molecule has 2 atom stereocenters. The minimum Gasteiger partial charge on any atom is -0.445 e. The minimum absolute atomic E-state index is 0.224. The lowest BCUT2D eigenvalue weighted by Crippen LogP contribution is -2.62. The number of piperidine rings is 1. The summed E-state index contributed by atoms with van der Waals surface area (Å²) in [4.78, 5) is 14.4. The lowest BCUT2D eigenvalue weighted by atomic mass is 9.79. The van der Waals surface area contributed by atoms with Crippen LogP contribution in [-0.4, -0.2) is 51.2 Å². The van der Waals surface area contributed by atoms with E-state index in [0.717, 1.165) is 5.56 Å². The van der Waals surface area contributed by atoms with Crippen molar-refractivity contribution >= 4 is 6.09 Å². The molecule has 0 aliphatic carbocycles. The van der Waals surface area contributed by atoms with Crippen LogP contribution in [0.25, 0.3) is 0 Å². The number of morpholine rings is 1. The van der Waals surface area contributed by atoms with Crippen molar-refractivity contribution in [1.29, 1.82) is 0 Å². The van der Waals surface area contributed by atoms with Crippen molar-refractivity contribution in [2.45, 2.75) is 37.1 Å². The quantitative estimate of drug-likeness (QED) is 0.907. The first-order valence-corrected chi connectivity index (χ1v) is 8.84. The summed E-state index contributed by atoms with van der Waals surface area (Å²) < 4.78 is 12.8. The first kappa shape index (κ1) is 17.1. The van der Waals surface area contributed by atoms with Crippen LogP contribution < -0.4 is 0 Å². The molecule has 0 spiro atoms. The van der Waals surface area contributed by atoms with Gasteiger partial charge in [0.15, 0.2) is 0 Å². The molecule has 2 aromatic rings. The summed E-state index contributed by atoms with van der Waals surface area (Å²) in [5.41, 5.74) is 0.551. The van der Waals surface area contributed by atoms with E-state index < -0.39 is 5.60 Å². The summed E-state index contributed by atoms with van der Waals surface area (Å²) in [5.74, 6) is 0. The zero-order valence-electron chi connectivity index (χ0n) is 14.7. The van der Waals surface area contributed by atoms with E-state index in [1.165, 1.54) is 0 Å². The number of amides is 1. The summed E-state index contributed by atoms with van der Waals surface area (Å²) in [6.45, 7) is 1.03. The highest BCUT2D eigenvalue weighted by atomic mass is 16.6. The number of ether oxygens (including phenoxy) is 2. The molecule has 1 aromatic heterocycles. The van der Waals surface area contributed by atoms with Gasteiger partial charge in [0.1, 0.15) is 12.2 Å². The Balaban J connectivity index is 1.47. The highest BCUT2D eigenvalue weighted by molar-refractivity contribution is 5.69. The van der Waals surface area contributed by atoms with Gasteiger partial charge in [-0.15, -0.1) is 0 Å². The van der Waals surface area contributed by atoms with E-state index in [1.807, 2.05) is 49.6 Å². The molecule has 0 radical (unpaired) electrons. The van der Waals surface area contributed by atoms with Crippen LogP contribution in [0.1, 0.15) is 24.1 Å². The van der Waals surface area contributed by atoms with Gasteiger partial charge in [0.05, 0.1) is 31.0 Å². The monoisotopic (exact) mass is 357 g/mol. The highest BCUT2D eigenvalue weighted by Gasteiger charge is 2.50. The van der Waals surface area contributed by atoms with Gasteiger partial charge in [0.25, 0.3) is 0 Å². The molecule has 3 heterocycles. The average molecular weight is 357 g/mol. The van der Waals surface area contributed by atoms with Crippen LogP contribution in [-0.2, 0) is 28.7 Å². The van der Waals surface area contributed by atoms with Crippen molar-refractivity contribution in [3.05, 3.63) is 53.9 Å². The molecule has 2 aliphatic rings. The van der Waals surface area contributed by atoms with Crippen molar-refractivity contribution < 1.29 is 19.4 Å². The smallest absolute Gasteiger partial charge is 0.410 e. The summed E-state index contributed by atoms with van der Waals surface area (Å²) in [6, 6.07) is 11.0. The number of hydrogen-bond donors (Lipinski definition) is 1. The van der Waals surface area contributed by atoms with Crippen molar-refractivity contribution in [2.24, 2.45) is 7.05 Å². The zero-order valence-corrected chi connectivity index (χ0v) is 14.7. The molecular weight excluding hydrogens is 334 g/mol. The molecule has 1 amide bonds. The summed E-state index contributed by atoms with van der Waals surface area (Å²) in [5, 5.41) is 15.5. The first-order chi connectivity index (χ1) is 12.5. The van der Waals surface area contributed by atoms with E-state index in [2.05, 4.69) is 5.10 Å². The zero-order chi connectivity index (χ0) is 18.1. The Morgan fingerprint density at radius 3 is 2.58 bits per heavy atom. The van der Waals surface area contributed by atoms with E-state index in [4.69, 9.17) is 9.47 Å². The molecule has 2 fully saturated rings. The van der Waals surface area contributed by atoms with Gasteiger partial charge in [-0.3, -0.25) is 9.58 Å². The van der Waals surface area contributed by atoms with E-state index in [1.54, 1.807) is 9.58 Å². The Morgan fingerprint density at radius 2 is 1.96 bits per heavy atom. The predicted molar refractivity (Wildman–Crippen MR) is 93.2 cm³/mol. The maximum absolute atomic E-state index is 12.7. The second-order valence-corrected chi connectivity index (χ2v) is 7.11. The first-order valence-electron chi connectivity index (χ1n) is 8.84. The fourth-order valence-corrected chi connectivity index (χ4v) is 3.94. The molecular formula is C19H23N3O4. The Bertz CT molecular complexity index is 762. The van der Waals surface area contributed by atoms with E-state index in [0.29, 0.717) is 31.7 Å². The molecule has 2 bridgehead atoms. The van der Waals surface area contributed by atoms with Gasteiger partial charge in [0.2, 0.25) is 0 Å². The third-order valence-electron chi connectivity index (χ3n) is 5.16. The molecule has 0 saturated carbocycles.